The summed E-state index contributed by atoms with van der Waals surface area (Å²) in [7, 11) is 0. The number of benzene rings is 1. The van der Waals surface area contributed by atoms with Crippen molar-refractivity contribution in [1.29, 1.82) is 0 Å². The smallest absolute Gasteiger partial charge is 0.244 e. The summed E-state index contributed by atoms with van der Waals surface area (Å²) in [6, 6.07) is 10.9. The quantitative estimate of drug-likeness (QED) is 0.748. The van der Waals surface area contributed by atoms with Gasteiger partial charge in [0.2, 0.25) is 11.8 Å². The monoisotopic (exact) mass is 377 g/mol. The number of halogens is 1. The van der Waals surface area contributed by atoms with E-state index in [4.69, 9.17) is 11.6 Å². The highest BCUT2D eigenvalue weighted by molar-refractivity contribution is 7.99. The number of nitrogens with zero attached hydrogens (tertiary/aromatic N) is 2. The molecule has 132 valence electrons. The molecule has 0 aliphatic carbocycles. The first-order valence-electron chi connectivity index (χ1n) is 7.87. The highest BCUT2D eigenvalue weighted by Gasteiger charge is 2.16. The lowest BCUT2D eigenvalue weighted by molar-refractivity contribution is -0.132. The van der Waals surface area contributed by atoms with Gasteiger partial charge in [-0.15, -0.1) is 0 Å². The van der Waals surface area contributed by atoms with E-state index in [1.165, 1.54) is 16.7 Å². The maximum atomic E-state index is 12.3. The zero-order valence-electron chi connectivity index (χ0n) is 14.2. The van der Waals surface area contributed by atoms with E-state index in [-0.39, 0.29) is 24.1 Å². The molecule has 1 N–H and O–H groups in total. The van der Waals surface area contributed by atoms with Crippen LogP contribution in [0.15, 0.2) is 47.6 Å². The van der Waals surface area contributed by atoms with Crippen molar-refractivity contribution < 1.29 is 9.59 Å². The second-order valence-electron chi connectivity index (χ2n) is 5.37. The van der Waals surface area contributed by atoms with Crippen molar-refractivity contribution in [2.75, 3.05) is 24.2 Å². The highest BCUT2D eigenvalue weighted by Crippen LogP contribution is 2.20. The van der Waals surface area contributed by atoms with Crippen LogP contribution in [0.4, 0.5) is 5.69 Å². The number of hydrogen-bond donors (Lipinski definition) is 1. The minimum atomic E-state index is -0.247. The molecule has 1 aromatic carbocycles. The molecule has 0 aliphatic heterocycles. The second kappa shape index (κ2) is 9.44. The third-order valence-electron chi connectivity index (χ3n) is 3.52. The summed E-state index contributed by atoms with van der Waals surface area (Å²) in [5, 5.41) is 4.14. The average Bonchev–Trinajstić information content (AvgIpc) is 2.61. The lowest BCUT2D eigenvalue weighted by Crippen LogP contribution is -2.38. The molecule has 25 heavy (non-hydrogen) atoms. The van der Waals surface area contributed by atoms with Crippen LogP contribution in [-0.4, -0.2) is 40.5 Å². The molecule has 7 heteroatoms. The van der Waals surface area contributed by atoms with Crippen LogP contribution in [0.1, 0.15) is 12.5 Å². The van der Waals surface area contributed by atoms with Gasteiger partial charge in [-0.1, -0.05) is 35.5 Å². The first-order valence-corrected chi connectivity index (χ1v) is 9.23. The third-order valence-corrected chi connectivity index (χ3v) is 4.69. The molecule has 0 spiro atoms. The molecule has 0 fully saturated rings. The number of anilines is 1. The molecule has 5 nitrogen and oxygen atoms in total. The number of pyridine rings is 1. The normalized spacial score (nSPS) is 10.4. The fourth-order valence-corrected chi connectivity index (χ4v) is 3.06. The number of aryl methyl sites for hydroxylation is 1. The predicted octanol–water partition coefficient (Wildman–Crippen LogP) is 3.62. The fraction of sp³-hybridized carbons (Fsp3) is 0.278. The fourth-order valence-electron chi connectivity index (χ4n) is 2.13. The number of hydrogen-bond acceptors (Lipinski definition) is 4. The van der Waals surface area contributed by atoms with Gasteiger partial charge < -0.3 is 10.2 Å². The van der Waals surface area contributed by atoms with Crippen molar-refractivity contribution >= 4 is 40.9 Å². The van der Waals surface area contributed by atoms with Crippen LogP contribution in [0.25, 0.3) is 0 Å². The molecule has 2 aromatic rings. The first-order chi connectivity index (χ1) is 12.0. The van der Waals surface area contributed by atoms with E-state index in [9.17, 15) is 9.59 Å². The molecule has 0 saturated heterocycles. The standard InChI is InChI=1S/C18H20ClN3O2S/c1-3-22(18(24)12-25-17-6-4-5-9-20-17)11-16(23)21-15-10-14(19)8-7-13(15)2/h4-10H,3,11-12H2,1-2H3,(H,21,23). The number of carbonyl (C=O) groups is 2. The Kier molecular flexibility index (Phi) is 7.28. The van der Waals surface area contributed by atoms with Gasteiger partial charge in [0, 0.05) is 23.5 Å². The maximum absolute atomic E-state index is 12.3. The Morgan fingerprint density at radius 2 is 2.08 bits per heavy atom. The average molecular weight is 378 g/mol. The Hall–Kier alpha value is -2.05. The van der Waals surface area contributed by atoms with Gasteiger partial charge in [0.1, 0.15) is 0 Å². The minimum Gasteiger partial charge on any atom is -0.333 e. The van der Waals surface area contributed by atoms with E-state index >= 15 is 0 Å². The highest BCUT2D eigenvalue weighted by atomic mass is 35.5. The summed E-state index contributed by atoms with van der Waals surface area (Å²) in [6.07, 6.45) is 1.69. The van der Waals surface area contributed by atoms with E-state index in [0.29, 0.717) is 17.3 Å². The van der Waals surface area contributed by atoms with Crippen molar-refractivity contribution in [2.24, 2.45) is 0 Å². The maximum Gasteiger partial charge on any atom is 0.244 e. The van der Waals surface area contributed by atoms with Gasteiger partial charge in [0.15, 0.2) is 0 Å². The van der Waals surface area contributed by atoms with Crippen LogP contribution in [0.3, 0.4) is 0 Å². The molecule has 2 rings (SSSR count). The Morgan fingerprint density at radius 3 is 2.76 bits per heavy atom. The zero-order chi connectivity index (χ0) is 18.2. The zero-order valence-corrected chi connectivity index (χ0v) is 15.7. The first kappa shape index (κ1) is 19.3. The third kappa shape index (κ3) is 6.07. The molecule has 1 heterocycles. The lowest BCUT2D eigenvalue weighted by atomic mass is 10.2. The van der Waals surface area contributed by atoms with Crippen molar-refractivity contribution in [3.8, 4) is 0 Å². The van der Waals surface area contributed by atoms with Crippen molar-refractivity contribution in [1.82, 2.24) is 9.88 Å². The second-order valence-corrected chi connectivity index (χ2v) is 6.80. The molecule has 2 amide bonds. The van der Waals surface area contributed by atoms with Crippen LogP contribution in [0.5, 0.6) is 0 Å². The van der Waals surface area contributed by atoms with Crippen molar-refractivity contribution in [2.45, 2.75) is 18.9 Å². The SMILES string of the molecule is CCN(CC(=O)Nc1cc(Cl)ccc1C)C(=O)CSc1ccccn1. The topological polar surface area (TPSA) is 62.3 Å². The van der Waals surface area contributed by atoms with Gasteiger partial charge in [-0.05, 0) is 43.7 Å². The van der Waals surface area contributed by atoms with Crippen LogP contribution in [0, 0.1) is 6.92 Å². The summed E-state index contributed by atoms with van der Waals surface area (Å²) in [5.41, 5.74) is 1.57. The van der Waals surface area contributed by atoms with E-state index in [2.05, 4.69) is 10.3 Å². The molecule has 0 radical (unpaired) electrons. The van der Waals surface area contributed by atoms with E-state index in [1.54, 1.807) is 18.3 Å². The Bertz CT molecular complexity index is 740. The Labute approximate surface area is 156 Å². The Morgan fingerprint density at radius 1 is 1.28 bits per heavy atom. The van der Waals surface area contributed by atoms with Gasteiger partial charge in [-0.2, -0.15) is 0 Å². The molecule has 1 aromatic heterocycles. The van der Waals surface area contributed by atoms with Gasteiger partial charge in [-0.25, -0.2) is 4.98 Å². The minimum absolute atomic E-state index is 0.00403. The molecule has 0 atom stereocenters. The molecule has 0 bridgehead atoms. The van der Waals surface area contributed by atoms with Crippen LogP contribution < -0.4 is 5.32 Å². The summed E-state index contributed by atoms with van der Waals surface area (Å²) in [6.45, 7) is 4.20. The number of rotatable bonds is 7. The number of thioether (sulfide) groups is 1. The lowest BCUT2D eigenvalue weighted by Gasteiger charge is -2.20. The van der Waals surface area contributed by atoms with E-state index in [1.807, 2.05) is 38.1 Å². The summed E-state index contributed by atoms with van der Waals surface area (Å²) in [4.78, 5) is 30.3. The van der Waals surface area contributed by atoms with Gasteiger partial charge in [0.05, 0.1) is 17.3 Å². The van der Waals surface area contributed by atoms with Gasteiger partial charge in [-0.3, -0.25) is 9.59 Å². The number of carbonyl (C=O) groups excluding carboxylic acids is 2. The molecule has 0 saturated carbocycles. The van der Waals surface area contributed by atoms with Crippen molar-refractivity contribution in [3.05, 3.63) is 53.2 Å². The molecular weight excluding hydrogens is 358 g/mol. The van der Waals surface area contributed by atoms with E-state index in [0.717, 1.165) is 10.6 Å². The summed E-state index contributed by atoms with van der Waals surface area (Å²) < 4.78 is 0. The molecule has 0 aliphatic rings. The van der Waals surface area contributed by atoms with Crippen LogP contribution >= 0.6 is 23.4 Å². The number of aromatic nitrogens is 1. The molecular formula is C18H20ClN3O2S. The largest absolute Gasteiger partial charge is 0.333 e. The van der Waals surface area contributed by atoms with Gasteiger partial charge in [0.25, 0.3) is 0 Å². The molecule has 0 unspecified atom stereocenters. The number of nitrogens with one attached hydrogen (secondary N) is 1. The van der Waals surface area contributed by atoms with Crippen molar-refractivity contribution in [3.63, 3.8) is 0 Å². The predicted molar refractivity (Wildman–Crippen MR) is 102 cm³/mol. The van der Waals surface area contributed by atoms with E-state index < -0.39 is 0 Å². The van der Waals surface area contributed by atoms with Crippen LogP contribution in [0.2, 0.25) is 5.02 Å². The van der Waals surface area contributed by atoms with Gasteiger partial charge >= 0.3 is 0 Å². The number of amides is 2. The summed E-state index contributed by atoms with van der Waals surface area (Å²) >= 11 is 7.31. The van der Waals surface area contributed by atoms with Crippen LogP contribution in [-0.2, 0) is 9.59 Å². The Balaban J connectivity index is 1.90. The summed E-state index contributed by atoms with van der Waals surface area (Å²) in [5.74, 6) is -0.103. The number of likely N-dealkylation sites (N-methyl/N-ethyl adjacent to an activating group) is 1.